The van der Waals surface area contributed by atoms with Crippen LogP contribution in [0.1, 0.15) is 37.3 Å². The number of nitrogens with zero attached hydrogens (tertiary/aromatic N) is 1. The van der Waals surface area contributed by atoms with Gasteiger partial charge < -0.3 is 9.47 Å². The molecule has 1 N–H and O–H groups in total. The summed E-state index contributed by atoms with van der Waals surface area (Å²) in [6, 6.07) is 11.2. The molecule has 3 aromatic rings. The Hall–Kier alpha value is -2.35. The van der Waals surface area contributed by atoms with Gasteiger partial charge in [0.05, 0.1) is 9.90 Å². The summed E-state index contributed by atoms with van der Waals surface area (Å²) in [5.41, 5.74) is 0.174. The van der Waals surface area contributed by atoms with Crippen molar-refractivity contribution in [2.75, 3.05) is 5.32 Å². The Bertz CT molecular complexity index is 1040. The van der Waals surface area contributed by atoms with Crippen molar-refractivity contribution in [1.29, 1.82) is 0 Å². The van der Waals surface area contributed by atoms with Crippen LogP contribution in [-0.2, 0) is 4.74 Å². The van der Waals surface area contributed by atoms with Crippen molar-refractivity contribution in [3.63, 3.8) is 0 Å². The Morgan fingerprint density at radius 2 is 1.87 bits per heavy atom. The van der Waals surface area contributed by atoms with Crippen molar-refractivity contribution in [3.05, 3.63) is 75.0 Å². The Balaban J connectivity index is 1.87. The van der Waals surface area contributed by atoms with E-state index >= 15 is 0 Å². The van der Waals surface area contributed by atoms with Crippen molar-refractivity contribution >= 4 is 45.8 Å². The van der Waals surface area contributed by atoms with Crippen molar-refractivity contribution in [3.8, 4) is 5.75 Å². The molecule has 0 spiro atoms. The van der Waals surface area contributed by atoms with Crippen LogP contribution in [0, 0.1) is 5.82 Å². The second-order valence-electron chi connectivity index (χ2n) is 7.32. The minimum atomic E-state index is -0.624. The first-order chi connectivity index (χ1) is 14.1. The van der Waals surface area contributed by atoms with E-state index in [-0.39, 0.29) is 5.02 Å². The highest BCUT2D eigenvalue weighted by Crippen LogP contribution is 2.35. The second kappa shape index (κ2) is 9.20. The highest BCUT2D eigenvalue weighted by Gasteiger charge is 2.22. The van der Waals surface area contributed by atoms with Gasteiger partial charge in [-0.15, -0.1) is 0 Å². The number of rotatable bonds is 5. The van der Waals surface area contributed by atoms with E-state index in [0.29, 0.717) is 20.8 Å². The Labute approximate surface area is 187 Å². The average Bonchev–Trinajstić information content (AvgIpc) is 3.10. The monoisotopic (exact) mass is 468 g/mol. The quantitative estimate of drug-likeness (QED) is 0.433. The summed E-state index contributed by atoms with van der Waals surface area (Å²) >= 11 is 13.1. The van der Waals surface area contributed by atoms with Crippen LogP contribution in [0.5, 0.6) is 5.75 Å². The summed E-state index contributed by atoms with van der Waals surface area (Å²) in [5, 5.41) is 3.51. The fourth-order valence-electron chi connectivity index (χ4n) is 2.47. The zero-order valence-electron chi connectivity index (χ0n) is 16.4. The lowest BCUT2D eigenvalue weighted by Crippen LogP contribution is -2.27. The molecule has 0 saturated heterocycles. The van der Waals surface area contributed by atoms with E-state index in [1.54, 1.807) is 39.1 Å². The van der Waals surface area contributed by atoms with Gasteiger partial charge in [0.15, 0.2) is 11.2 Å². The minimum Gasteiger partial charge on any atom is -0.480 e. The van der Waals surface area contributed by atoms with Gasteiger partial charge in [-0.2, -0.15) is 0 Å². The number of benzene rings is 2. The molecule has 9 heteroatoms. The van der Waals surface area contributed by atoms with E-state index in [9.17, 15) is 9.18 Å². The first-order valence-corrected chi connectivity index (χ1v) is 10.5. The van der Waals surface area contributed by atoms with Crippen LogP contribution >= 0.6 is 34.5 Å². The van der Waals surface area contributed by atoms with Gasteiger partial charge >= 0.3 is 6.09 Å². The van der Waals surface area contributed by atoms with Gasteiger partial charge in [0.1, 0.15) is 17.2 Å². The number of nitrogens with one attached hydrogen (secondary N) is 1. The molecule has 1 amide bonds. The van der Waals surface area contributed by atoms with Crippen molar-refractivity contribution < 1.29 is 18.7 Å². The molecule has 5 nitrogen and oxygen atoms in total. The lowest BCUT2D eigenvalue weighted by atomic mass is 10.1. The molecule has 1 heterocycles. The van der Waals surface area contributed by atoms with E-state index < -0.39 is 23.6 Å². The fourth-order valence-corrected chi connectivity index (χ4v) is 3.63. The van der Waals surface area contributed by atoms with Gasteiger partial charge in [-0.25, -0.2) is 14.2 Å². The number of amides is 1. The van der Waals surface area contributed by atoms with Crippen molar-refractivity contribution in [2.24, 2.45) is 0 Å². The number of thiazole rings is 1. The molecule has 0 fully saturated rings. The molecule has 30 heavy (non-hydrogen) atoms. The zero-order valence-corrected chi connectivity index (χ0v) is 18.7. The van der Waals surface area contributed by atoms with E-state index in [1.165, 1.54) is 29.5 Å². The molecule has 0 bridgehead atoms. The zero-order chi connectivity index (χ0) is 21.9. The normalized spacial score (nSPS) is 12.3. The van der Waals surface area contributed by atoms with E-state index in [4.69, 9.17) is 32.7 Å². The summed E-state index contributed by atoms with van der Waals surface area (Å²) in [4.78, 5) is 17.0. The number of carbonyl (C=O) groups is 1. The van der Waals surface area contributed by atoms with Crippen LogP contribution in [0.4, 0.5) is 14.3 Å². The number of aromatic nitrogens is 1. The van der Waals surface area contributed by atoms with Crippen molar-refractivity contribution in [2.45, 2.75) is 32.5 Å². The van der Waals surface area contributed by atoms with Crippen molar-refractivity contribution in [1.82, 2.24) is 4.98 Å². The summed E-state index contributed by atoms with van der Waals surface area (Å²) in [7, 11) is 0. The predicted molar refractivity (Wildman–Crippen MR) is 117 cm³/mol. The number of anilines is 1. The third kappa shape index (κ3) is 6.08. The molecule has 0 saturated carbocycles. The molecular formula is C21H19Cl2FN2O3S. The van der Waals surface area contributed by atoms with Crippen LogP contribution in [0.15, 0.2) is 48.7 Å². The number of hydrogen-bond acceptors (Lipinski definition) is 5. The minimum absolute atomic E-state index is 0.0426. The smallest absolute Gasteiger partial charge is 0.413 e. The molecule has 1 atom stereocenters. The summed E-state index contributed by atoms with van der Waals surface area (Å²) in [6.07, 6.45) is 0.426. The largest absolute Gasteiger partial charge is 0.480 e. The van der Waals surface area contributed by atoms with Gasteiger partial charge in [0, 0.05) is 17.3 Å². The van der Waals surface area contributed by atoms with Crippen LogP contribution in [0.3, 0.4) is 0 Å². The maximum Gasteiger partial charge on any atom is 0.413 e. The van der Waals surface area contributed by atoms with Gasteiger partial charge in [-0.3, -0.25) is 5.32 Å². The molecule has 0 aliphatic rings. The predicted octanol–water partition coefficient (Wildman–Crippen LogP) is 7.10. The summed E-state index contributed by atoms with van der Waals surface area (Å²) in [6.45, 7) is 5.33. The highest BCUT2D eigenvalue weighted by molar-refractivity contribution is 7.15. The van der Waals surface area contributed by atoms with E-state index in [0.717, 1.165) is 5.56 Å². The number of hydrogen-bond donors (Lipinski definition) is 1. The lowest BCUT2D eigenvalue weighted by Gasteiger charge is -2.19. The molecule has 158 valence electrons. The molecule has 1 aromatic heterocycles. The van der Waals surface area contributed by atoms with E-state index in [1.807, 2.05) is 12.1 Å². The fraction of sp³-hybridized carbons (Fsp3) is 0.238. The van der Waals surface area contributed by atoms with Gasteiger partial charge in [0.25, 0.3) is 0 Å². The molecule has 0 aliphatic carbocycles. The molecule has 0 aliphatic heterocycles. The first-order valence-electron chi connectivity index (χ1n) is 8.93. The first kappa shape index (κ1) is 22.3. The highest BCUT2D eigenvalue weighted by atomic mass is 35.5. The molecule has 1 unspecified atom stereocenters. The summed E-state index contributed by atoms with van der Waals surface area (Å²) in [5.74, 6) is -0.148. The number of carbonyl (C=O) groups excluding carboxylic acids is 1. The molecule has 2 aromatic carbocycles. The third-order valence-corrected chi connectivity index (χ3v) is 5.21. The third-order valence-electron chi connectivity index (χ3n) is 3.71. The summed E-state index contributed by atoms with van der Waals surface area (Å²) < 4.78 is 24.8. The lowest BCUT2D eigenvalue weighted by molar-refractivity contribution is 0.0636. The van der Waals surface area contributed by atoms with Gasteiger partial charge in [-0.1, -0.05) is 46.7 Å². The van der Waals surface area contributed by atoms with Crippen LogP contribution in [0.25, 0.3) is 0 Å². The average molecular weight is 469 g/mol. The van der Waals surface area contributed by atoms with Crippen LogP contribution in [-0.4, -0.2) is 16.7 Å². The second-order valence-corrected chi connectivity index (χ2v) is 9.23. The topological polar surface area (TPSA) is 60.5 Å². The maximum absolute atomic E-state index is 13.5. The molecule has 0 radical (unpaired) electrons. The van der Waals surface area contributed by atoms with E-state index in [2.05, 4.69) is 10.3 Å². The number of halogens is 3. The van der Waals surface area contributed by atoms with Crippen LogP contribution in [0.2, 0.25) is 10.0 Å². The standard InChI is InChI=1S/C21H19Cl2FN2O3S/c1-21(2,3)29-20(27)26-19-25-11-17(30-19)18(12-4-6-13(22)7-5-12)28-14-8-9-16(24)15(23)10-14/h4-11,18H,1-3H3,(H,25,26,27). The number of ether oxygens (including phenoxy) is 2. The molecular weight excluding hydrogens is 450 g/mol. The Kier molecular flexibility index (Phi) is 6.85. The van der Waals surface area contributed by atoms with Crippen LogP contribution < -0.4 is 10.1 Å². The Morgan fingerprint density at radius 1 is 1.17 bits per heavy atom. The Morgan fingerprint density at radius 3 is 2.50 bits per heavy atom. The van der Waals surface area contributed by atoms with Gasteiger partial charge in [0.2, 0.25) is 0 Å². The SMILES string of the molecule is CC(C)(C)OC(=O)Nc1ncc(C(Oc2ccc(F)c(Cl)c2)c2ccc(Cl)cc2)s1. The molecule has 3 rings (SSSR count). The van der Waals surface area contributed by atoms with Gasteiger partial charge in [-0.05, 0) is 50.6 Å². The maximum atomic E-state index is 13.5.